The Labute approximate surface area is 81.2 Å². The molecule has 1 N–H and O–H groups in total. The molecule has 66 valence electrons. The number of fused-ring (bicyclic) bond motifs is 1. The van der Waals surface area contributed by atoms with Gasteiger partial charge in [0, 0.05) is 0 Å². The van der Waals surface area contributed by atoms with E-state index in [1.54, 1.807) is 0 Å². The van der Waals surface area contributed by atoms with Gasteiger partial charge in [-0.2, -0.15) is 0 Å². The van der Waals surface area contributed by atoms with Gasteiger partial charge in [0.05, 0.1) is 0 Å². The van der Waals surface area contributed by atoms with E-state index in [1.165, 1.54) is 6.92 Å². The summed E-state index contributed by atoms with van der Waals surface area (Å²) in [6.07, 6.45) is 0. The number of nitrogens with one attached hydrogen (secondary N) is 1. The number of carbonyl (C=O) groups excluding carboxylic acids is 1. The van der Waals surface area contributed by atoms with Gasteiger partial charge < -0.3 is 0 Å². The van der Waals surface area contributed by atoms with E-state index in [1.807, 2.05) is 18.2 Å². The van der Waals surface area contributed by atoms with Crippen molar-refractivity contribution >= 4 is 37.6 Å². The SMILES string of the molecule is CC(=O)Nc1cccc2n[se]nc12. The Bertz CT molecular complexity index is 451. The summed E-state index contributed by atoms with van der Waals surface area (Å²) in [4.78, 5) is 10.8. The Morgan fingerprint density at radius 2 is 2.31 bits per heavy atom. The molecule has 0 bridgehead atoms. The second kappa shape index (κ2) is 3.28. The third-order valence-electron chi connectivity index (χ3n) is 1.60. The van der Waals surface area contributed by atoms with Gasteiger partial charge in [-0.05, 0) is 0 Å². The molecule has 1 amide bonds. The van der Waals surface area contributed by atoms with Crippen molar-refractivity contribution < 1.29 is 4.79 Å². The Morgan fingerprint density at radius 1 is 1.46 bits per heavy atom. The molecule has 0 aliphatic heterocycles. The van der Waals surface area contributed by atoms with E-state index in [-0.39, 0.29) is 20.9 Å². The molecule has 0 atom stereocenters. The van der Waals surface area contributed by atoms with Crippen LogP contribution in [0.3, 0.4) is 0 Å². The molecule has 0 unspecified atom stereocenters. The van der Waals surface area contributed by atoms with Gasteiger partial charge in [-0.15, -0.1) is 0 Å². The van der Waals surface area contributed by atoms with Gasteiger partial charge in [0.1, 0.15) is 0 Å². The van der Waals surface area contributed by atoms with Crippen LogP contribution in [0, 0.1) is 0 Å². The Morgan fingerprint density at radius 3 is 3.08 bits per heavy atom. The number of carbonyl (C=O) groups is 1. The van der Waals surface area contributed by atoms with Crippen LogP contribution in [0.1, 0.15) is 6.92 Å². The van der Waals surface area contributed by atoms with Gasteiger partial charge in [-0.1, -0.05) is 0 Å². The van der Waals surface area contributed by atoms with Crippen LogP contribution in [0.5, 0.6) is 0 Å². The summed E-state index contributed by atoms with van der Waals surface area (Å²) in [6.45, 7) is 1.48. The van der Waals surface area contributed by atoms with Crippen LogP contribution in [-0.2, 0) is 4.79 Å². The fourth-order valence-electron chi connectivity index (χ4n) is 1.10. The molecule has 4 nitrogen and oxygen atoms in total. The molecular formula is C8H7N3OSe. The second-order valence-electron chi connectivity index (χ2n) is 2.62. The molecule has 0 radical (unpaired) electrons. The molecule has 0 fully saturated rings. The number of anilines is 1. The van der Waals surface area contributed by atoms with Crippen molar-refractivity contribution in [2.45, 2.75) is 6.92 Å². The summed E-state index contributed by atoms with van der Waals surface area (Å²) < 4.78 is 8.45. The zero-order valence-corrected chi connectivity index (χ0v) is 8.66. The van der Waals surface area contributed by atoms with Crippen LogP contribution in [0.2, 0.25) is 0 Å². The molecule has 0 saturated carbocycles. The normalized spacial score (nSPS) is 10.2. The van der Waals surface area contributed by atoms with Crippen molar-refractivity contribution in [3.63, 3.8) is 0 Å². The van der Waals surface area contributed by atoms with E-state index in [0.717, 1.165) is 16.7 Å². The van der Waals surface area contributed by atoms with Crippen molar-refractivity contribution in [3.05, 3.63) is 18.2 Å². The summed E-state index contributed by atoms with van der Waals surface area (Å²) in [5.74, 6) is -0.0806. The minimum atomic E-state index is -0.0806. The summed E-state index contributed by atoms with van der Waals surface area (Å²) >= 11 is -0.0447. The Balaban J connectivity index is 2.54. The predicted octanol–water partition coefficient (Wildman–Crippen LogP) is 0.645. The maximum atomic E-state index is 10.8. The van der Waals surface area contributed by atoms with Gasteiger partial charge in [-0.25, -0.2) is 0 Å². The van der Waals surface area contributed by atoms with E-state index < -0.39 is 0 Å². The number of hydrogen-bond donors (Lipinski definition) is 1. The molecule has 0 saturated heterocycles. The Kier molecular flexibility index (Phi) is 2.12. The summed E-state index contributed by atoms with van der Waals surface area (Å²) in [6, 6.07) is 5.60. The van der Waals surface area contributed by atoms with Crippen molar-refractivity contribution in [1.29, 1.82) is 0 Å². The number of amides is 1. The van der Waals surface area contributed by atoms with Crippen LogP contribution in [0.4, 0.5) is 5.69 Å². The number of benzene rings is 1. The van der Waals surface area contributed by atoms with Gasteiger partial charge >= 0.3 is 80.8 Å². The first kappa shape index (κ1) is 8.41. The van der Waals surface area contributed by atoms with Crippen molar-refractivity contribution in [1.82, 2.24) is 7.96 Å². The molecule has 5 heteroatoms. The van der Waals surface area contributed by atoms with E-state index in [2.05, 4.69) is 13.3 Å². The number of nitrogens with zero attached hydrogens (tertiary/aromatic N) is 2. The van der Waals surface area contributed by atoms with E-state index >= 15 is 0 Å². The average Bonchev–Trinajstić information content (AvgIpc) is 2.51. The molecular weight excluding hydrogens is 233 g/mol. The zero-order valence-electron chi connectivity index (χ0n) is 6.94. The Hall–Kier alpha value is -1.19. The maximum absolute atomic E-state index is 10.8. The van der Waals surface area contributed by atoms with Gasteiger partial charge in [0.25, 0.3) is 0 Å². The van der Waals surface area contributed by atoms with Crippen LogP contribution < -0.4 is 5.32 Å². The molecule has 13 heavy (non-hydrogen) atoms. The summed E-state index contributed by atoms with van der Waals surface area (Å²) in [5.41, 5.74) is 2.46. The zero-order chi connectivity index (χ0) is 9.26. The monoisotopic (exact) mass is 241 g/mol. The van der Waals surface area contributed by atoms with Crippen LogP contribution in [0.15, 0.2) is 18.2 Å². The molecule has 0 aliphatic rings. The van der Waals surface area contributed by atoms with Gasteiger partial charge in [0.15, 0.2) is 0 Å². The standard InChI is InChI=1S/C8H7N3OSe/c1-5(12)9-6-3-2-4-7-8(6)11-13-10-7/h2-4H,1H3,(H,9,12). The molecule has 2 rings (SSSR count). The molecule has 1 heterocycles. The predicted molar refractivity (Wildman–Crippen MR) is 50.8 cm³/mol. The molecule has 0 spiro atoms. The number of hydrogen-bond acceptors (Lipinski definition) is 3. The van der Waals surface area contributed by atoms with Crippen LogP contribution in [-0.4, -0.2) is 28.8 Å². The second-order valence-corrected chi connectivity index (χ2v) is 3.73. The van der Waals surface area contributed by atoms with Crippen LogP contribution >= 0.6 is 0 Å². The first-order chi connectivity index (χ1) is 6.27. The third kappa shape index (κ3) is 1.61. The molecule has 0 aliphatic carbocycles. The van der Waals surface area contributed by atoms with Gasteiger partial charge in [0.2, 0.25) is 0 Å². The third-order valence-corrected chi connectivity index (χ3v) is 2.74. The van der Waals surface area contributed by atoms with E-state index in [0.29, 0.717) is 0 Å². The fourth-order valence-corrected chi connectivity index (χ4v) is 2.25. The van der Waals surface area contributed by atoms with Gasteiger partial charge in [-0.3, -0.25) is 0 Å². The summed E-state index contributed by atoms with van der Waals surface area (Å²) in [7, 11) is 0. The quantitative estimate of drug-likeness (QED) is 0.744. The van der Waals surface area contributed by atoms with Crippen molar-refractivity contribution in [2.24, 2.45) is 0 Å². The fraction of sp³-hybridized carbons (Fsp3) is 0.125. The first-order valence-electron chi connectivity index (χ1n) is 3.76. The van der Waals surface area contributed by atoms with Crippen LogP contribution in [0.25, 0.3) is 11.0 Å². The van der Waals surface area contributed by atoms with Crippen molar-refractivity contribution in [3.8, 4) is 0 Å². The molecule has 1 aromatic heterocycles. The number of aromatic nitrogens is 2. The minimum absolute atomic E-state index is 0.0447. The first-order valence-corrected chi connectivity index (χ1v) is 5.29. The summed E-state index contributed by atoms with van der Waals surface area (Å²) in [5, 5.41) is 2.72. The molecule has 1 aromatic carbocycles. The number of rotatable bonds is 1. The molecule has 2 aromatic rings. The van der Waals surface area contributed by atoms with E-state index in [9.17, 15) is 4.79 Å². The van der Waals surface area contributed by atoms with Crippen molar-refractivity contribution in [2.75, 3.05) is 5.32 Å². The average molecular weight is 240 g/mol. The topological polar surface area (TPSA) is 54.9 Å². The van der Waals surface area contributed by atoms with E-state index in [4.69, 9.17) is 0 Å².